The molecule has 0 aromatic rings. The van der Waals surface area contributed by atoms with E-state index in [9.17, 15) is 0 Å². The molecule has 0 unspecified atom stereocenters. The molecule has 8 heavy (non-hydrogen) atoms. The summed E-state index contributed by atoms with van der Waals surface area (Å²) in [4.78, 5) is 7.22. The predicted octanol–water partition coefficient (Wildman–Crippen LogP) is 2.67. The Balaban J connectivity index is 3.55. The van der Waals surface area contributed by atoms with Crippen LogP contribution in [0.3, 0.4) is 0 Å². The van der Waals surface area contributed by atoms with Gasteiger partial charge < -0.3 is 0 Å². The average molecular weight is 217 g/mol. The fraction of sp³-hybridized carbons (Fsp3) is 0.571. The number of hydrogen-bond donors (Lipinski definition) is 0. The summed E-state index contributed by atoms with van der Waals surface area (Å²) in [5.74, 6) is 0. The molecule has 0 fully saturated rings. The van der Waals surface area contributed by atoms with Gasteiger partial charge in [0.1, 0.15) is 0 Å². The average Bonchev–Trinajstić information content (AvgIpc) is 1.59. The van der Waals surface area contributed by atoms with Gasteiger partial charge in [-0.2, -0.15) is 0 Å². The third-order valence-electron chi connectivity index (χ3n) is 0.859. The van der Waals surface area contributed by atoms with E-state index in [0.717, 1.165) is 0 Å². The zero-order chi connectivity index (χ0) is 6.62. The monoisotopic (exact) mass is 218 g/mol. The summed E-state index contributed by atoms with van der Waals surface area (Å²) in [6.45, 7) is 3.52. The molecule has 0 aliphatic carbocycles. The van der Waals surface area contributed by atoms with Crippen LogP contribution in [-0.2, 0) is 0 Å². The van der Waals surface area contributed by atoms with Crippen LogP contribution in [0.1, 0.15) is 0 Å². The molecule has 0 amide bonds. The third-order valence-corrected chi connectivity index (χ3v) is 4.94. The molecule has 0 spiro atoms. The molecular weight excluding hydrogens is 203 g/mol. The van der Waals surface area contributed by atoms with Crippen LogP contribution in [0, 0.1) is 0 Å². The van der Waals surface area contributed by atoms with Crippen LogP contribution >= 0.6 is 0 Å². The van der Waals surface area contributed by atoms with Crippen LogP contribution in [0.2, 0.25) is 19.3 Å². The van der Waals surface area contributed by atoms with Gasteiger partial charge in [0.15, 0.2) is 0 Å². The number of hydrogen-bond acceptors (Lipinski definition) is 0. The van der Waals surface area contributed by atoms with Crippen LogP contribution in [0.15, 0.2) is 18.4 Å². The van der Waals surface area contributed by atoms with Crippen LogP contribution in [-0.4, -0.2) is 18.4 Å². The second kappa shape index (κ2) is 3.36. The second-order valence-electron chi connectivity index (χ2n) is 3.17. The molecule has 0 N–H and O–H groups in total. The van der Waals surface area contributed by atoms with Gasteiger partial charge in [0, 0.05) is 0 Å². The van der Waals surface area contributed by atoms with Crippen molar-refractivity contribution in [1.29, 1.82) is 0 Å². The zero-order valence-electron chi connectivity index (χ0n) is 5.99. The maximum absolute atomic E-state index is 3.52. The molecule has 0 bridgehead atoms. The summed E-state index contributed by atoms with van der Waals surface area (Å²) >= 11 is -1.47. The van der Waals surface area contributed by atoms with Gasteiger partial charge in [0.2, 0.25) is 0 Å². The van der Waals surface area contributed by atoms with Crippen molar-refractivity contribution < 1.29 is 0 Å². The normalized spacial score (nSPS) is 10.4. The molecule has 0 atom stereocenters. The molecule has 46 valence electrons. The summed E-state index contributed by atoms with van der Waals surface area (Å²) in [5, 5.41) is 0. The summed E-state index contributed by atoms with van der Waals surface area (Å²) < 4.78 is 1.28. The first-order valence-electron chi connectivity index (χ1n) is 2.90. The Bertz CT molecular complexity index is 102. The van der Waals surface area contributed by atoms with Crippen LogP contribution in [0.4, 0.5) is 0 Å². The first-order valence-corrected chi connectivity index (χ1v) is 13.5. The van der Waals surface area contributed by atoms with E-state index in [1.54, 1.807) is 0 Å². The molecule has 0 aliphatic rings. The molecule has 0 saturated heterocycles. The summed E-state index contributed by atoms with van der Waals surface area (Å²) in [5.41, 5.74) is 2.80. The van der Waals surface area contributed by atoms with Crippen molar-refractivity contribution in [3.8, 4) is 0 Å². The van der Waals surface area contributed by atoms with Gasteiger partial charge in [-0.1, -0.05) is 0 Å². The SMILES string of the molecule is C=C=C[CH2][Sn]([CH3])([CH3])[CH3]. The van der Waals surface area contributed by atoms with E-state index in [-0.39, 0.29) is 0 Å². The van der Waals surface area contributed by atoms with Crippen molar-refractivity contribution >= 4 is 18.4 Å². The Kier molecular flexibility index (Phi) is 3.50. The first kappa shape index (κ1) is 8.32. The second-order valence-corrected chi connectivity index (χ2v) is 19.0. The van der Waals surface area contributed by atoms with Gasteiger partial charge in [0.25, 0.3) is 0 Å². The topological polar surface area (TPSA) is 0 Å². The Labute approximate surface area is 56.2 Å². The first-order chi connectivity index (χ1) is 3.56. The molecule has 0 rings (SSSR count). The van der Waals surface area contributed by atoms with Crippen LogP contribution < -0.4 is 0 Å². The van der Waals surface area contributed by atoms with E-state index >= 15 is 0 Å². The molecule has 0 radical (unpaired) electrons. The quantitative estimate of drug-likeness (QED) is 0.492. The predicted molar refractivity (Wildman–Crippen MR) is 41.9 cm³/mol. The Hall–Kier alpha value is 0.319. The van der Waals surface area contributed by atoms with Crippen molar-refractivity contribution in [2.75, 3.05) is 0 Å². The van der Waals surface area contributed by atoms with Crippen LogP contribution in [0.25, 0.3) is 0 Å². The minimum absolute atomic E-state index is 1.28. The van der Waals surface area contributed by atoms with Crippen LogP contribution in [0.5, 0.6) is 0 Å². The number of rotatable bonds is 2. The van der Waals surface area contributed by atoms with Gasteiger partial charge in [0.05, 0.1) is 0 Å². The number of allylic oxidation sites excluding steroid dienone is 1. The molecule has 0 aliphatic heterocycles. The van der Waals surface area contributed by atoms with Crippen molar-refractivity contribution in [2.24, 2.45) is 0 Å². The van der Waals surface area contributed by atoms with Crippen molar-refractivity contribution in [3.63, 3.8) is 0 Å². The molecule has 1 heteroatoms. The van der Waals surface area contributed by atoms with Gasteiger partial charge in [-0.3, -0.25) is 0 Å². The van der Waals surface area contributed by atoms with Gasteiger partial charge in [-0.05, 0) is 0 Å². The minimum atomic E-state index is -1.47. The summed E-state index contributed by atoms with van der Waals surface area (Å²) in [6, 6.07) is 0. The van der Waals surface area contributed by atoms with Crippen molar-refractivity contribution in [2.45, 2.75) is 19.3 Å². The maximum atomic E-state index is 3.52. The molecule has 0 aromatic heterocycles. The third kappa shape index (κ3) is 6.32. The van der Waals surface area contributed by atoms with Gasteiger partial charge in [-0.25, -0.2) is 0 Å². The van der Waals surface area contributed by atoms with E-state index in [1.165, 1.54) is 4.44 Å². The van der Waals surface area contributed by atoms with Crippen molar-refractivity contribution in [1.82, 2.24) is 0 Å². The van der Waals surface area contributed by atoms with Gasteiger partial charge in [-0.15, -0.1) is 0 Å². The molecule has 0 nitrogen and oxygen atoms in total. The fourth-order valence-electron chi connectivity index (χ4n) is 0.378. The van der Waals surface area contributed by atoms with E-state index in [1.807, 2.05) is 0 Å². The Morgan fingerprint density at radius 2 is 2.00 bits per heavy atom. The van der Waals surface area contributed by atoms with Gasteiger partial charge >= 0.3 is 56.0 Å². The van der Waals surface area contributed by atoms with Crippen molar-refractivity contribution in [3.05, 3.63) is 18.4 Å². The zero-order valence-corrected chi connectivity index (χ0v) is 8.85. The van der Waals surface area contributed by atoms with E-state index < -0.39 is 18.4 Å². The standard InChI is InChI=1S/C4H5.3CH3.Sn/c1-3-4-2;;;;/h3H,1-2H2;3*1H3;. The molecule has 0 saturated carbocycles. The molecule has 0 aromatic carbocycles. The Morgan fingerprint density at radius 1 is 1.50 bits per heavy atom. The summed E-state index contributed by atoms with van der Waals surface area (Å²) in [6.07, 6.45) is 2.07. The molecular formula is C7H14Sn. The van der Waals surface area contributed by atoms with E-state index in [4.69, 9.17) is 0 Å². The molecule has 0 heterocycles. The van der Waals surface area contributed by atoms with E-state index in [0.29, 0.717) is 0 Å². The fourth-order valence-corrected chi connectivity index (χ4v) is 2.54. The van der Waals surface area contributed by atoms with E-state index in [2.05, 4.69) is 33.2 Å². The summed E-state index contributed by atoms with van der Waals surface area (Å²) in [7, 11) is 0. The Morgan fingerprint density at radius 3 is 2.12 bits per heavy atom.